The summed E-state index contributed by atoms with van der Waals surface area (Å²) in [5.41, 5.74) is 0.159. The Balaban J connectivity index is 0.00000130. The summed E-state index contributed by atoms with van der Waals surface area (Å²) < 4.78 is 2.95. The molecule has 0 bridgehead atoms. The van der Waals surface area contributed by atoms with E-state index in [0.717, 1.165) is 21.6 Å². The summed E-state index contributed by atoms with van der Waals surface area (Å²) in [7, 11) is 2.33. The summed E-state index contributed by atoms with van der Waals surface area (Å²) in [5, 5.41) is 21.9. The van der Waals surface area contributed by atoms with E-state index in [1.807, 2.05) is 0 Å². The van der Waals surface area contributed by atoms with Gasteiger partial charge in [0.1, 0.15) is 0 Å². The predicted molar refractivity (Wildman–Crippen MR) is 380 cm³/mol. The SMILES string of the molecule is CCCCCCCC[N+](CCCCCCCC)(CCCCCCCC)CCCCCCCC.CCCCCCCC[N+](CCCCCCCC)(CCCCCCCC)CCCCCCCC.O=C([O-])c1ccccc1SSc1ccccc1C(=O)[O-]. The Morgan fingerprint density at radius 3 is 0.570 bits per heavy atom. The first-order valence-corrected chi connectivity index (χ1v) is 39.9. The van der Waals surface area contributed by atoms with Crippen molar-refractivity contribution in [2.24, 2.45) is 0 Å². The van der Waals surface area contributed by atoms with Crippen LogP contribution in [-0.2, 0) is 0 Å². The van der Waals surface area contributed by atoms with E-state index >= 15 is 0 Å². The zero-order valence-electron chi connectivity index (χ0n) is 58.6. The Kier molecular flexibility index (Phi) is 61.7. The van der Waals surface area contributed by atoms with Gasteiger partial charge in [-0.15, -0.1) is 0 Å². The summed E-state index contributed by atoms with van der Waals surface area (Å²) in [6.45, 7) is 30.5. The molecule has 0 unspecified atom stereocenters. The zero-order chi connectivity index (χ0) is 63.1. The Hall–Kier alpha value is -2.00. The van der Waals surface area contributed by atoms with E-state index in [1.54, 1.807) is 36.4 Å². The number of unbranched alkanes of at least 4 members (excludes halogenated alkanes) is 40. The normalized spacial score (nSPS) is 11.6. The maximum absolute atomic E-state index is 11.0. The summed E-state index contributed by atoms with van der Waals surface area (Å²) in [6.07, 6.45) is 69.5. The standard InChI is InChI=1S/2C32H68N.C14H10O4S2/c2*1-5-9-13-17-21-25-29-33(30-26-22-18-14-10-6-2,31-27-23-19-15-11-7-3)32-28-24-20-16-12-8-4;15-13(16)9-5-1-3-7-11(9)19-20-12-8-4-2-6-10(12)14(17)18/h2*5-32H2,1-4H3;1-8H,(H,15,16)(H,17,18)/q2*+1;/p-2. The average molecular weight is 1240 g/mol. The molecule has 0 spiro atoms. The van der Waals surface area contributed by atoms with Gasteiger partial charge in [-0.25, -0.2) is 0 Å². The van der Waals surface area contributed by atoms with E-state index < -0.39 is 11.9 Å². The molecule has 0 aliphatic heterocycles. The Morgan fingerprint density at radius 2 is 0.407 bits per heavy atom. The third-order valence-corrected chi connectivity index (χ3v) is 20.8. The molecule has 0 atom stereocenters. The molecule has 0 fully saturated rings. The van der Waals surface area contributed by atoms with E-state index in [9.17, 15) is 19.8 Å². The highest BCUT2D eigenvalue weighted by atomic mass is 33.1. The fraction of sp³-hybridized carbons (Fsp3) is 0.821. The van der Waals surface area contributed by atoms with E-state index in [4.69, 9.17) is 0 Å². The lowest BCUT2D eigenvalue weighted by Crippen LogP contribution is -2.50. The van der Waals surface area contributed by atoms with Crippen molar-refractivity contribution < 1.29 is 28.8 Å². The van der Waals surface area contributed by atoms with Crippen molar-refractivity contribution in [1.29, 1.82) is 0 Å². The first kappa shape index (κ1) is 84.0. The third-order valence-electron chi connectivity index (χ3n) is 18.3. The number of nitrogens with zero attached hydrogens (tertiary/aromatic N) is 2. The summed E-state index contributed by atoms with van der Waals surface area (Å²) in [4.78, 5) is 23.0. The van der Waals surface area contributed by atoms with Crippen LogP contribution in [0.4, 0.5) is 0 Å². The van der Waals surface area contributed by atoms with Crippen LogP contribution in [0.5, 0.6) is 0 Å². The van der Waals surface area contributed by atoms with Crippen LogP contribution in [0.1, 0.15) is 384 Å². The molecule has 0 radical (unpaired) electrons. The zero-order valence-corrected chi connectivity index (χ0v) is 60.2. The van der Waals surface area contributed by atoms with Crippen molar-refractivity contribution in [2.45, 2.75) is 373 Å². The topological polar surface area (TPSA) is 80.3 Å². The second-order valence-electron chi connectivity index (χ2n) is 26.3. The largest absolute Gasteiger partial charge is 0.545 e. The van der Waals surface area contributed by atoms with Crippen molar-refractivity contribution >= 4 is 33.5 Å². The molecule has 0 aliphatic rings. The highest BCUT2D eigenvalue weighted by Gasteiger charge is 2.27. The number of carbonyl (C=O) groups is 2. The van der Waals surface area contributed by atoms with Gasteiger partial charge >= 0.3 is 0 Å². The van der Waals surface area contributed by atoms with Crippen molar-refractivity contribution in [1.82, 2.24) is 0 Å². The van der Waals surface area contributed by atoms with Crippen LogP contribution in [-0.4, -0.2) is 73.3 Å². The smallest absolute Gasteiger partial charge is 0.0786 e. The number of carbonyl (C=O) groups excluding carboxylic acids is 2. The monoisotopic (exact) mass is 1240 g/mol. The van der Waals surface area contributed by atoms with Gasteiger partial charge in [-0.1, -0.05) is 319 Å². The molecule has 0 saturated carbocycles. The van der Waals surface area contributed by atoms with Crippen molar-refractivity contribution in [3.05, 3.63) is 59.7 Å². The lowest BCUT2D eigenvalue weighted by molar-refractivity contribution is -0.929. The van der Waals surface area contributed by atoms with Crippen LogP contribution in [0.3, 0.4) is 0 Å². The third kappa shape index (κ3) is 48.8. The highest BCUT2D eigenvalue weighted by molar-refractivity contribution is 8.76. The fourth-order valence-electron chi connectivity index (χ4n) is 12.7. The lowest BCUT2D eigenvalue weighted by atomic mass is 10.0. The van der Waals surface area contributed by atoms with E-state index in [-0.39, 0.29) is 11.1 Å². The predicted octanol–water partition coefficient (Wildman–Crippen LogP) is 23.7. The van der Waals surface area contributed by atoms with E-state index in [0.29, 0.717) is 9.79 Å². The Morgan fingerprint density at radius 1 is 0.256 bits per heavy atom. The Bertz CT molecular complexity index is 1490. The van der Waals surface area contributed by atoms with Crippen molar-refractivity contribution in [3.63, 3.8) is 0 Å². The minimum Gasteiger partial charge on any atom is -0.545 e. The van der Waals surface area contributed by atoms with Crippen LogP contribution < -0.4 is 10.2 Å². The van der Waals surface area contributed by atoms with E-state index in [2.05, 4.69) is 55.4 Å². The minimum absolute atomic E-state index is 0.0796. The Labute approximate surface area is 544 Å². The van der Waals surface area contributed by atoms with Crippen LogP contribution in [0.2, 0.25) is 0 Å². The van der Waals surface area contributed by atoms with Crippen molar-refractivity contribution in [2.75, 3.05) is 52.4 Å². The molecule has 8 heteroatoms. The first-order valence-electron chi connectivity index (χ1n) is 37.7. The van der Waals surface area contributed by atoms with Crippen LogP contribution in [0, 0.1) is 0 Å². The number of rotatable bonds is 61. The fourth-order valence-corrected chi connectivity index (χ4v) is 15.0. The number of hydrogen-bond acceptors (Lipinski definition) is 6. The number of carboxylic acid groups (broad SMARTS) is 2. The molecule has 0 heterocycles. The maximum atomic E-state index is 11.0. The van der Waals surface area contributed by atoms with Gasteiger partial charge in [-0.2, -0.15) is 0 Å². The second kappa shape index (κ2) is 63.2. The van der Waals surface area contributed by atoms with Gasteiger partial charge in [0.25, 0.3) is 0 Å². The average Bonchev–Trinajstić information content (AvgIpc) is 3.69. The molecule has 0 amide bonds. The second-order valence-corrected chi connectivity index (χ2v) is 28.6. The number of carboxylic acids is 2. The molecule has 6 nitrogen and oxygen atoms in total. The van der Waals surface area contributed by atoms with Gasteiger partial charge in [0.15, 0.2) is 0 Å². The number of benzene rings is 2. The molecule has 2 aromatic rings. The molecular formula is C78H144N2O4S2. The van der Waals surface area contributed by atoms with Crippen LogP contribution >= 0.6 is 21.6 Å². The molecule has 0 saturated heterocycles. The molecular weight excluding hydrogens is 1090 g/mol. The first-order chi connectivity index (χ1) is 42.1. The van der Waals surface area contributed by atoms with Crippen molar-refractivity contribution in [3.8, 4) is 0 Å². The summed E-state index contributed by atoms with van der Waals surface area (Å²) in [6, 6.07) is 12.8. The van der Waals surface area contributed by atoms with Crippen LogP contribution in [0.25, 0.3) is 0 Å². The number of hydrogen-bond donors (Lipinski definition) is 0. The number of aromatic carboxylic acids is 2. The molecule has 2 aromatic carbocycles. The van der Waals surface area contributed by atoms with Gasteiger partial charge in [-0.05, 0) is 115 Å². The molecule has 502 valence electrons. The maximum Gasteiger partial charge on any atom is 0.0786 e. The van der Waals surface area contributed by atoms with Gasteiger partial charge in [0, 0.05) is 20.9 Å². The molecule has 86 heavy (non-hydrogen) atoms. The minimum atomic E-state index is -1.26. The molecule has 0 aliphatic carbocycles. The summed E-state index contributed by atoms with van der Waals surface area (Å²) in [5.74, 6) is -2.52. The van der Waals surface area contributed by atoms with E-state index in [1.165, 1.54) is 382 Å². The highest BCUT2D eigenvalue weighted by Crippen LogP contribution is 2.40. The van der Waals surface area contributed by atoms with Gasteiger partial charge in [-0.3, -0.25) is 0 Å². The van der Waals surface area contributed by atoms with Gasteiger partial charge in [0.05, 0.1) is 64.3 Å². The van der Waals surface area contributed by atoms with Gasteiger partial charge in [0.2, 0.25) is 0 Å². The quantitative estimate of drug-likeness (QED) is 0.0373. The molecule has 2 rings (SSSR count). The molecule has 0 N–H and O–H groups in total. The van der Waals surface area contributed by atoms with Gasteiger partial charge < -0.3 is 28.8 Å². The van der Waals surface area contributed by atoms with Crippen LogP contribution in [0.15, 0.2) is 58.3 Å². The number of quaternary nitrogens is 2. The molecule has 0 aromatic heterocycles. The summed E-state index contributed by atoms with van der Waals surface area (Å²) >= 11 is 0. The lowest BCUT2D eigenvalue weighted by Gasteiger charge is -2.40.